The standard InChI is InChI=1S/C26H21N5OS/c1-16-6-13-24(33-20-9-7-19(8-10-20)29-17(2)32)23(14-16)31-26-21-11-12-22(18-4-3-5-18)30-25(21)27-15-28-26/h3-15H,1-2H3,(H,29,32)(H,27,28,30,31). The number of rotatable bonds is 6. The topological polar surface area (TPSA) is 79.8 Å². The van der Waals surface area contributed by atoms with Crippen molar-refractivity contribution >= 4 is 51.5 Å². The van der Waals surface area contributed by atoms with Gasteiger partial charge in [0.25, 0.3) is 0 Å². The van der Waals surface area contributed by atoms with Crippen LogP contribution < -0.4 is 10.6 Å². The molecule has 0 atom stereocenters. The van der Waals surface area contributed by atoms with Gasteiger partial charge in [0.15, 0.2) is 5.65 Å². The monoisotopic (exact) mass is 451 g/mol. The first-order valence-corrected chi connectivity index (χ1v) is 11.3. The number of carbonyl (C=O) groups is 1. The van der Waals surface area contributed by atoms with Crippen LogP contribution in [0.15, 0.2) is 88.9 Å². The summed E-state index contributed by atoms with van der Waals surface area (Å²) in [7, 11) is 0. The molecule has 0 unspecified atom stereocenters. The third kappa shape index (κ3) is 4.63. The van der Waals surface area contributed by atoms with E-state index < -0.39 is 0 Å². The van der Waals surface area contributed by atoms with E-state index in [4.69, 9.17) is 4.98 Å². The lowest BCUT2D eigenvalue weighted by atomic mass is 10.0. The number of fused-ring (bicyclic) bond motifs is 1. The maximum absolute atomic E-state index is 11.3. The molecular weight excluding hydrogens is 430 g/mol. The molecule has 0 saturated heterocycles. The molecule has 162 valence electrons. The minimum atomic E-state index is -0.0833. The summed E-state index contributed by atoms with van der Waals surface area (Å²) in [6.45, 7) is 3.56. The molecule has 2 aromatic heterocycles. The molecule has 4 aromatic rings. The van der Waals surface area contributed by atoms with Crippen molar-refractivity contribution < 1.29 is 4.79 Å². The van der Waals surface area contributed by atoms with Crippen LogP contribution in [-0.2, 0) is 4.79 Å². The van der Waals surface area contributed by atoms with Crippen molar-refractivity contribution in [3.63, 3.8) is 0 Å². The molecule has 0 saturated carbocycles. The first-order chi connectivity index (χ1) is 16.0. The highest BCUT2D eigenvalue weighted by Crippen LogP contribution is 2.36. The van der Waals surface area contributed by atoms with Crippen molar-refractivity contribution in [3.8, 4) is 0 Å². The number of amides is 1. The molecule has 5 rings (SSSR count). The fourth-order valence-electron chi connectivity index (χ4n) is 3.46. The lowest BCUT2D eigenvalue weighted by Gasteiger charge is -2.14. The Hall–Kier alpha value is -3.97. The maximum Gasteiger partial charge on any atom is 0.221 e. The summed E-state index contributed by atoms with van der Waals surface area (Å²) in [6.07, 6.45) is 7.61. The van der Waals surface area contributed by atoms with Crippen LogP contribution in [-0.4, -0.2) is 20.9 Å². The summed E-state index contributed by atoms with van der Waals surface area (Å²) >= 11 is 1.64. The van der Waals surface area contributed by atoms with Crippen LogP contribution in [0.3, 0.4) is 0 Å². The minimum Gasteiger partial charge on any atom is -0.339 e. The lowest BCUT2D eigenvalue weighted by molar-refractivity contribution is -0.114. The van der Waals surface area contributed by atoms with E-state index in [1.54, 1.807) is 11.8 Å². The van der Waals surface area contributed by atoms with Gasteiger partial charge < -0.3 is 10.6 Å². The van der Waals surface area contributed by atoms with Gasteiger partial charge in [0, 0.05) is 28.0 Å². The predicted octanol–water partition coefficient (Wildman–Crippen LogP) is 6.14. The van der Waals surface area contributed by atoms with Crippen LogP contribution in [0.25, 0.3) is 16.6 Å². The Labute approximate surface area is 195 Å². The first-order valence-electron chi connectivity index (χ1n) is 10.5. The van der Waals surface area contributed by atoms with Gasteiger partial charge in [0.2, 0.25) is 5.91 Å². The van der Waals surface area contributed by atoms with E-state index in [-0.39, 0.29) is 5.91 Å². The van der Waals surface area contributed by atoms with Crippen LogP contribution in [0.1, 0.15) is 18.2 Å². The van der Waals surface area contributed by atoms with E-state index in [0.717, 1.165) is 43.4 Å². The summed E-state index contributed by atoms with van der Waals surface area (Å²) in [5.74, 6) is 0.630. The number of nitrogens with zero attached hydrogens (tertiary/aromatic N) is 3. The number of pyridine rings is 1. The van der Waals surface area contributed by atoms with Crippen LogP contribution in [0.4, 0.5) is 17.2 Å². The Morgan fingerprint density at radius 2 is 1.82 bits per heavy atom. The number of nitrogens with one attached hydrogen (secondary N) is 2. The molecule has 0 bridgehead atoms. The summed E-state index contributed by atoms with van der Waals surface area (Å²) in [4.78, 5) is 26.9. The molecular formula is C26H21N5OS. The Morgan fingerprint density at radius 3 is 2.55 bits per heavy atom. The van der Waals surface area contributed by atoms with E-state index in [2.05, 4.69) is 45.7 Å². The van der Waals surface area contributed by atoms with E-state index in [9.17, 15) is 4.79 Å². The average Bonchev–Trinajstić information content (AvgIpc) is 2.75. The zero-order valence-electron chi connectivity index (χ0n) is 18.2. The van der Waals surface area contributed by atoms with Crippen molar-refractivity contribution in [2.45, 2.75) is 23.6 Å². The van der Waals surface area contributed by atoms with Crippen molar-refractivity contribution in [1.82, 2.24) is 15.0 Å². The third-order valence-corrected chi connectivity index (χ3v) is 6.22. The normalized spacial score (nSPS) is 12.2. The molecule has 0 spiro atoms. The van der Waals surface area contributed by atoms with Gasteiger partial charge in [-0.05, 0) is 61.0 Å². The number of hydrogen-bond donors (Lipinski definition) is 2. The van der Waals surface area contributed by atoms with E-state index in [1.165, 1.54) is 13.3 Å². The number of hydrogen-bond acceptors (Lipinski definition) is 6. The fourth-order valence-corrected chi connectivity index (χ4v) is 4.34. The number of benzene rings is 2. The summed E-state index contributed by atoms with van der Waals surface area (Å²) in [5, 5.41) is 7.15. The molecule has 1 aliphatic rings. The smallest absolute Gasteiger partial charge is 0.221 e. The van der Waals surface area contributed by atoms with E-state index in [1.807, 2.05) is 54.6 Å². The molecule has 2 heterocycles. The molecule has 2 N–H and O–H groups in total. The lowest BCUT2D eigenvalue weighted by Crippen LogP contribution is -2.05. The second-order valence-electron chi connectivity index (χ2n) is 7.70. The maximum atomic E-state index is 11.3. The number of anilines is 3. The van der Waals surface area contributed by atoms with Crippen molar-refractivity contribution in [2.24, 2.45) is 0 Å². The Bertz CT molecular complexity index is 1430. The molecule has 7 heteroatoms. The average molecular weight is 452 g/mol. The van der Waals surface area contributed by atoms with Gasteiger partial charge in [-0.25, -0.2) is 15.0 Å². The molecule has 6 nitrogen and oxygen atoms in total. The van der Waals surface area contributed by atoms with Crippen molar-refractivity contribution in [2.75, 3.05) is 10.6 Å². The molecule has 2 aromatic carbocycles. The SMILES string of the molecule is CC(=O)Nc1ccc(Sc2ccc(C)cc2Nc2ncnc3nc(C4=CC=C4)ccc23)cc1. The number of aryl methyl sites for hydroxylation is 1. The third-order valence-electron chi connectivity index (χ3n) is 5.14. The van der Waals surface area contributed by atoms with E-state index in [0.29, 0.717) is 11.5 Å². The number of aromatic nitrogens is 3. The molecule has 1 aliphatic carbocycles. The summed E-state index contributed by atoms with van der Waals surface area (Å²) in [5.41, 5.74) is 5.55. The molecule has 0 fully saturated rings. The Morgan fingerprint density at radius 1 is 1.00 bits per heavy atom. The molecule has 0 radical (unpaired) electrons. The molecule has 1 amide bonds. The zero-order valence-corrected chi connectivity index (χ0v) is 19.0. The van der Waals surface area contributed by atoms with Crippen LogP contribution in [0.5, 0.6) is 0 Å². The Balaban J connectivity index is 1.43. The highest BCUT2D eigenvalue weighted by atomic mass is 32.2. The van der Waals surface area contributed by atoms with Gasteiger partial charge in [-0.2, -0.15) is 0 Å². The number of allylic oxidation sites excluding steroid dienone is 4. The van der Waals surface area contributed by atoms with Crippen LogP contribution in [0, 0.1) is 6.92 Å². The Kier molecular flexibility index (Phi) is 5.62. The van der Waals surface area contributed by atoms with Crippen LogP contribution >= 0.6 is 11.8 Å². The summed E-state index contributed by atoms with van der Waals surface area (Å²) < 4.78 is 0. The van der Waals surface area contributed by atoms with E-state index >= 15 is 0 Å². The van der Waals surface area contributed by atoms with Gasteiger partial charge in [-0.1, -0.05) is 36.1 Å². The largest absolute Gasteiger partial charge is 0.339 e. The van der Waals surface area contributed by atoms with Crippen molar-refractivity contribution in [3.05, 3.63) is 90.4 Å². The first kappa shape index (κ1) is 20.9. The minimum absolute atomic E-state index is 0.0833. The number of carbonyl (C=O) groups excluding carboxylic acids is 1. The highest BCUT2D eigenvalue weighted by Gasteiger charge is 2.12. The van der Waals surface area contributed by atoms with Gasteiger partial charge in [0.05, 0.1) is 16.8 Å². The van der Waals surface area contributed by atoms with Gasteiger partial charge in [0.1, 0.15) is 12.1 Å². The zero-order chi connectivity index (χ0) is 22.8. The second-order valence-corrected chi connectivity index (χ2v) is 8.82. The quantitative estimate of drug-likeness (QED) is 0.367. The molecule has 0 aliphatic heterocycles. The molecule has 33 heavy (non-hydrogen) atoms. The fraction of sp³-hybridized carbons (Fsp3) is 0.0769. The highest BCUT2D eigenvalue weighted by molar-refractivity contribution is 7.99. The summed E-state index contributed by atoms with van der Waals surface area (Å²) in [6, 6.07) is 18.1. The van der Waals surface area contributed by atoms with Gasteiger partial charge in [-0.15, -0.1) is 0 Å². The predicted molar refractivity (Wildman–Crippen MR) is 134 cm³/mol. The van der Waals surface area contributed by atoms with Gasteiger partial charge >= 0.3 is 0 Å². The second kappa shape index (κ2) is 8.88. The van der Waals surface area contributed by atoms with Crippen molar-refractivity contribution in [1.29, 1.82) is 0 Å². The van der Waals surface area contributed by atoms with Crippen LogP contribution in [0.2, 0.25) is 0 Å². The van der Waals surface area contributed by atoms with Gasteiger partial charge in [-0.3, -0.25) is 4.79 Å².